The van der Waals surface area contributed by atoms with Crippen LogP contribution in [0.4, 0.5) is 8.78 Å². The van der Waals surface area contributed by atoms with Crippen molar-refractivity contribution in [1.82, 2.24) is 10.2 Å². The van der Waals surface area contributed by atoms with Crippen LogP contribution in [0.5, 0.6) is 0 Å². The van der Waals surface area contributed by atoms with Gasteiger partial charge in [0.1, 0.15) is 17.7 Å². The zero-order valence-corrected chi connectivity index (χ0v) is 19.2. The molecule has 0 spiro atoms. The highest BCUT2D eigenvalue weighted by Gasteiger charge is 2.28. The predicted molar refractivity (Wildman–Crippen MR) is 124 cm³/mol. The van der Waals surface area contributed by atoms with Crippen LogP contribution < -0.4 is 5.32 Å². The minimum Gasteiger partial charge on any atom is -0.352 e. The summed E-state index contributed by atoms with van der Waals surface area (Å²) < 4.78 is 27.2. The van der Waals surface area contributed by atoms with Crippen molar-refractivity contribution in [2.45, 2.75) is 63.4 Å². The molecule has 0 aromatic heterocycles. The zero-order valence-electron chi connectivity index (χ0n) is 18.4. The molecule has 0 aliphatic heterocycles. The lowest BCUT2D eigenvalue weighted by atomic mass is 9.95. The molecule has 4 nitrogen and oxygen atoms in total. The van der Waals surface area contributed by atoms with Crippen molar-refractivity contribution in [2.75, 3.05) is 5.75 Å². The van der Waals surface area contributed by atoms with Crippen LogP contribution in [0.25, 0.3) is 0 Å². The van der Waals surface area contributed by atoms with Crippen LogP contribution in [0.15, 0.2) is 48.5 Å². The van der Waals surface area contributed by atoms with Gasteiger partial charge in [-0.2, -0.15) is 0 Å². The van der Waals surface area contributed by atoms with E-state index in [2.05, 4.69) is 5.32 Å². The lowest BCUT2D eigenvalue weighted by molar-refractivity contribution is -0.139. The van der Waals surface area contributed by atoms with E-state index < -0.39 is 6.04 Å². The number of thioether (sulfide) groups is 1. The first kappa shape index (κ1) is 24.2. The molecular formula is C25H30F2N2O2S. The van der Waals surface area contributed by atoms with E-state index in [4.69, 9.17) is 0 Å². The summed E-state index contributed by atoms with van der Waals surface area (Å²) in [6, 6.07) is 11.9. The van der Waals surface area contributed by atoms with Gasteiger partial charge in [-0.05, 0) is 49.1 Å². The summed E-state index contributed by atoms with van der Waals surface area (Å²) in [5.41, 5.74) is 1.29. The maximum Gasteiger partial charge on any atom is 0.242 e. The average Bonchev–Trinajstić information content (AvgIpc) is 2.80. The second kappa shape index (κ2) is 12.0. The smallest absolute Gasteiger partial charge is 0.242 e. The topological polar surface area (TPSA) is 49.4 Å². The van der Waals surface area contributed by atoms with Gasteiger partial charge >= 0.3 is 0 Å². The molecule has 32 heavy (non-hydrogen) atoms. The van der Waals surface area contributed by atoms with Crippen LogP contribution in [0.1, 0.15) is 50.2 Å². The number of halogens is 2. The van der Waals surface area contributed by atoms with Crippen LogP contribution in [0.3, 0.4) is 0 Å². The first-order chi connectivity index (χ1) is 15.4. The Morgan fingerprint density at radius 1 is 1.06 bits per heavy atom. The largest absolute Gasteiger partial charge is 0.352 e. The summed E-state index contributed by atoms with van der Waals surface area (Å²) in [5.74, 6) is -0.540. The number of nitrogens with one attached hydrogen (secondary N) is 1. The van der Waals surface area contributed by atoms with Gasteiger partial charge in [0.15, 0.2) is 0 Å². The Morgan fingerprint density at radius 2 is 1.75 bits per heavy atom. The lowest BCUT2D eigenvalue weighted by Gasteiger charge is -2.31. The second-order valence-corrected chi connectivity index (χ2v) is 9.24. The fraction of sp³-hybridized carbons (Fsp3) is 0.440. The van der Waals surface area contributed by atoms with Crippen molar-refractivity contribution in [3.05, 3.63) is 71.3 Å². The number of carbonyl (C=O) groups excluding carboxylic acids is 2. The summed E-state index contributed by atoms with van der Waals surface area (Å²) >= 11 is 1.31. The minimum absolute atomic E-state index is 0.122. The molecule has 0 unspecified atom stereocenters. The van der Waals surface area contributed by atoms with Gasteiger partial charge < -0.3 is 10.2 Å². The van der Waals surface area contributed by atoms with Crippen molar-refractivity contribution in [1.29, 1.82) is 0 Å². The molecule has 1 aliphatic rings. The Kier molecular flexibility index (Phi) is 9.09. The van der Waals surface area contributed by atoms with E-state index in [0.29, 0.717) is 11.3 Å². The third-order valence-corrected chi connectivity index (χ3v) is 6.79. The Morgan fingerprint density at radius 3 is 2.44 bits per heavy atom. The molecule has 1 N–H and O–H groups in total. The van der Waals surface area contributed by atoms with E-state index in [1.807, 2.05) is 0 Å². The first-order valence-electron chi connectivity index (χ1n) is 11.1. The molecular weight excluding hydrogens is 430 g/mol. The van der Waals surface area contributed by atoms with Crippen LogP contribution in [0, 0.1) is 11.6 Å². The molecule has 1 saturated carbocycles. The number of carbonyl (C=O) groups is 2. The number of nitrogens with zero attached hydrogens (tertiary/aromatic N) is 1. The zero-order chi connectivity index (χ0) is 22.9. The number of hydrogen-bond donors (Lipinski definition) is 1. The molecule has 1 fully saturated rings. The van der Waals surface area contributed by atoms with Gasteiger partial charge in [0.05, 0.1) is 5.75 Å². The lowest BCUT2D eigenvalue weighted by Crippen LogP contribution is -2.50. The fourth-order valence-electron chi connectivity index (χ4n) is 3.88. The Bertz CT molecular complexity index is 901. The summed E-state index contributed by atoms with van der Waals surface area (Å²) in [6.07, 6.45) is 5.32. The van der Waals surface area contributed by atoms with Crippen LogP contribution in [0.2, 0.25) is 0 Å². The Balaban J connectivity index is 1.65. The normalized spacial score (nSPS) is 15.2. The van der Waals surface area contributed by atoms with Crippen molar-refractivity contribution < 1.29 is 18.4 Å². The van der Waals surface area contributed by atoms with Crippen molar-refractivity contribution in [2.24, 2.45) is 0 Å². The van der Waals surface area contributed by atoms with Crippen LogP contribution in [-0.2, 0) is 21.9 Å². The fourth-order valence-corrected chi connectivity index (χ4v) is 4.78. The number of benzene rings is 2. The summed E-state index contributed by atoms with van der Waals surface area (Å²) in [5, 5.41) is 3.09. The molecule has 7 heteroatoms. The third kappa shape index (κ3) is 7.05. The highest BCUT2D eigenvalue weighted by atomic mass is 32.2. The van der Waals surface area contributed by atoms with E-state index in [1.54, 1.807) is 37.3 Å². The number of rotatable bonds is 9. The molecule has 0 saturated heterocycles. The summed E-state index contributed by atoms with van der Waals surface area (Å²) in [7, 11) is 0. The molecule has 172 valence electrons. The molecule has 2 amide bonds. The van der Waals surface area contributed by atoms with E-state index in [0.717, 1.165) is 31.2 Å². The van der Waals surface area contributed by atoms with Gasteiger partial charge in [-0.3, -0.25) is 9.59 Å². The van der Waals surface area contributed by atoms with Gasteiger partial charge in [-0.15, -0.1) is 11.8 Å². The molecule has 0 bridgehead atoms. The van der Waals surface area contributed by atoms with Gasteiger partial charge in [-0.25, -0.2) is 8.78 Å². The third-order valence-electron chi connectivity index (χ3n) is 5.83. The van der Waals surface area contributed by atoms with Gasteiger partial charge in [0.2, 0.25) is 11.8 Å². The van der Waals surface area contributed by atoms with Crippen LogP contribution in [-0.4, -0.2) is 34.6 Å². The standard InChI is InChI=1S/C25H30F2N2O2S/c1-18(25(31)28-22-8-3-2-4-9-22)29(15-19-11-13-21(26)14-12-19)24(30)17-32-16-20-7-5-6-10-23(20)27/h5-7,10-14,18,22H,2-4,8-9,15-17H2,1H3,(H,28,31)/t18-/m0/s1. The molecule has 0 radical (unpaired) electrons. The summed E-state index contributed by atoms with van der Waals surface area (Å²) in [6.45, 7) is 1.93. The molecule has 2 aromatic rings. The Hall–Kier alpha value is -2.41. The van der Waals surface area contributed by atoms with Crippen molar-refractivity contribution in [3.63, 3.8) is 0 Å². The van der Waals surface area contributed by atoms with Crippen molar-refractivity contribution in [3.8, 4) is 0 Å². The molecule has 1 atom stereocenters. The monoisotopic (exact) mass is 460 g/mol. The van der Waals surface area contributed by atoms with Crippen LogP contribution >= 0.6 is 11.8 Å². The SMILES string of the molecule is C[C@@H](C(=O)NC1CCCCC1)N(Cc1ccc(F)cc1)C(=O)CSCc1ccccc1F. The number of amides is 2. The summed E-state index contributed by atoms with van der Waals surface area (Å²) in [4.78, 5) is 27.5. The Labute approximate surface area is 192 Å². The van der Waals surface area contributed by atoms with Crippen molar-refractivity contribution >= 4 is 23.6 Å². The molecule has 1 aliphatic carbocycles. The van der Waals surface area contributed by atoms with Gasteiger partial charge in [-0.1, -0.05) is 49.6 Å². The van der Waals surface area contributed by atoms with E-state index in [-0.39, 0.29) is 41.8 Å². The van der Waals surface area contributed by atoms with Gasteiger partial charge in [0.25, 0.3) is 0 Å². The maximum atomic E-state index is 13.9. The molecule has 2 aromatic carbocycles. The van der Waals surface area contributed by atoms with Gasteiger partial charge in [0, 0.05) is 18.3 Å². The highest BCUT2D eigenvalue weighted by Crippen LogP contribution is 2.20. The van der Waals surface area contributed by atoms with E-state index in [1.165, 1.54) is 41.3 Å². The van der Waals surface area contributed by atoms with E-state index >= 15 is 0 Å². The average molecular weight is 461 g/mol. The number of hydrogen-bond acceptors (Lipinski definition) is 3. The predicted octanol–water partition coefficient (Wildman–Crippen LogP) is 5.06. The highest BCUT2D eigenvalue weighted by molar-refractivity contribution is 7.99. The maximum absolute atomic E-state index is 13.9. The molecule has 3 rings (SSSR count). The van der Waals surface area contributed by atoms with E-state index in [9.17, 15) is 18.4 Å². The first-order valence-corrected chi connectivity index (χ1v) is 12.2. The minimum atomic E-state index is -0.663. The molecule has 0 heterocycles. The second-order valence-electron chi connectivity index (χ2n) is 8.25. The quantitative estimate of drug-likeness (QED) is 0.569.